The standard InChI is InChI=1S/C22H28N4O4/c1-29-17-6-4-5-16(13-17)14-20(27)23-8-11-26-19-7-12-30-15-18(19)21(24-26)22(28)25-9-2-3-10-25/h4-6,13H,2-3,7-12,14-15H2,1H3,(H,23,27). The Labute approximate surface area is 176 Å². The Morgan fingerprint density at radius 2 is 2.10 bits per heavy atom. The molecule has 2 aromatic rings. The zero-order valence-electron chi connectivity index (χ0n) is 17.4. The van der Waals surface area contributed by atoms with Crippen molar-refractivity contribution in [2.75, 3.05) is 33.4 Å². The molecule has 2 amide bonds. The van der Waals surface area contributed by atoms with Gasteiger partial charge in [-0.15, -0.1) is 0 Å². The number of aromatic nitrogens is 2. The molecule has 3 heterocycles. The summed E-state index contributed by atoms with van der Waals surface area (Å²) in [5, 5.41) is 7.57. The van der Waals surface area contributed by atoms with Gasteiger partial charge in [0, 0.05) is 37.3 Å². The molecule has 30 heavy (non-hydrogen) atoms. The van der Waals surface area contributed by atoms with Gasteiger partial charge in [-0.3, -0.25) is 14.3 Å². The summed E-state index contributed by atoms with van der Waals surface area (Å²) in [6, 6.07) is 7.49. The first-order valence-electron chi connectivity index (χ1n) is 10.5. The highest BCUT2D eigenvalue weighted by Crippen LogP contribution is 2.23. The SMILES string of the molecule is COc1cccc(CC(=O)NCCn2nc(C(=O)N3CCCC3)c3c2CCOC3)c1. The van der Waals surface area contributed by atoms with Gasteiger partial charge in [-0.25, -0.2) is 0 Å². The predicted octanol–water partition coefficient (Wildman–Crippen LogP) is 1.56. The maximum absolute atomic E-state index is 12.9. The lowest BCUT2D eigenvalue weighted by Gasteiger charge is -2.17. The molecular weight excluding hydrogens is 384 g/mol. The number of rotatable bonds is 7. The fourth-order valence-corrected chi connectivity index (χ4v) is 4.07. The Bertz CT molecular complexity index is 918. The van der Waals surface area contributed by atoms with E-state index in [1.165, 1.54) is 0 Å². The molecule has 0 saturated carbocycles. The first-order chi connectivity index (χ1) is 14.7. The third kappa shape index (κ3) is 4.48. The summed E-state index contributed by atoms with van der Waals surface area (Å²) in [6.07, 6.45) is 3.11. The number of amides is 2. The van der Waals surface area contributed by atoms with Gasteiger partial charge in [-0.2, -0.15) is 5.10 Å². The van der Waals surface area contributed by atoms with Gasteiger partial charge in [0.05, 0.1) is 33.3 Å². The molecule has 1 aromatic carbocycles. The van der Waals surface area contributed by atoms with E-state index in [0.717, 1.165) is 54.9 Å². The summed E-state index contributed by atoms with van der Waals surface area (Å²) in [6.45, 7) is 3.61. The van der Waals surface area contributed by atoms with E-state index in [4.69, 9.17) is 9.47 Å². The van der Waals surface area contributed by atoms with Crippen LogP contribution in [0.1, 0.15) is 40.2 Å². The maximum Gasteiger partial charge on any atom is 0.274 e. The molecule has 8 nitrogen and oxygen atoms in total. The highest BCUT2D eigenvalue weighted by Gasteiger charge is 2.29. The zero-order valence-corrected chi connectivity index (χ0v) is 17.4. The molecule has 0 spiro atoms. The molecule has 0 aliphatic carbocycles. The van der Waals surface area contributed by atoms with E-state index in [9.17, 15) is 9.59 Å². The van der Waals surface area contributed by atoms with Crippen LogP contribution in [0.15, 0.2) is 24.3 Å². The molecule has 1 fully saturated rings. The number of carbonyl (C=O) groups is 2. The lowest BCUT2D eigenvalue weighted by molar-refractivity contribution is -0.120. The van der Waals surface area contributed by atoms with Gasteiger partial charge >= 0.3 is 0 Å². The van der Waals surface area contributed by atoms with E-state index in [-0.39, 0.29) is 11.8 Å². The minimum Gasteiger partial charge on any atom is -0.497 e. The fourth-order valence-electron chi connectivity index (χ4n) is 4.07. The van der Waals surface area contributed by atoms with Crippen molar-refractivity contribution in [1.29, 1.82) is 0 Å². The van der Waals surface area contributed by atoms with Crippen LogP contribution in [0.2, 0.25) is 0 Å². The van der Waals surface area contributed by atoms with Gasteiger partial charge in [0.2, 0.25) is 5.91 Å². The molecule has 4 rings (SSSR count). The third-order valence-electron chi connectivity index (χ3n) is 5.64. The highest BCUT2D eigenvalue weighted by atomic mass is 16.5. The van der Waals surface area contributed by atoms with Crippen LogP contribution in [0.3, 0.4) is 0 Å². The summed E-state index contributed by atoms with van der Waals surface area (Å²) in [4.78, 5) is 27.1. The van der Waals surface area contributed by atoms with Crippen LogP contribution in [-0.4, -0.2) is 59.8 Å². The number of nitrogens with one attached hydrogen (secondary N) is 1. The topological polar surface area (TPSA) is 85.7 Å². The summed E-state index contributed by atoms with van der Waals surface area (Å²) in [5.41, 5.74) is 3.36. The second-order valence-electron chi connectivity index (χ2n) is 7.68. The summed E-state index contributed by atoms with van der Waals surface area (Å²) in [5.74, 6) is 0.678. The van der Waals surface area contributed by atoms with Gasteiger partial charge in [0.1, 0.15) is 5.75 Å². The van der Waals surface area contributed by atoms with Crippen LogP contribution in [0.4, 0.5) is 0 Å². The minimum atomic E-state index is -0.0547. The van der Waals surface area contributed by atoms with E-state index in [0.29, 0.717) is 38.4 Å². The fraction of sp³-hybridized carbons (Fsp3) is 0.500. The number of ether oxygens (including phenoxy) is 2. The molecule has 2 aliphatic rings. The minimum absolute atomic E-state index is 0.00457. The Morgan fingerprint density at radius 3 is 2.90 bits per heavy atom. The van der Waals surface area contributed by atoms with E-state index >= 15 is 0 Å². The van der Waals surface area contributed by atoms with Gasteiger partial charge in [-0.05, 0) is 30.5 Å². The molecule has 1 saturated heterocycles. The van der Waals surface area contributed by atoms with Crippen molar-refractivity contribution in [3.05, 3.63) is 46.8 Å². The second kappa shape index (κ2) is 9.30. The van der Waals surface area contributed by atoms with Crippen LogP contribution in [0, 0.1) is 0 Å². The number of methoxy groups -OCH3 is 1. The number of likely N-dealkylation sites (tertiary alicyclic amines) is 1. The zero-order chi connectivity index (χ0) is 20.9. The summed E-state index contributed by atoms with van der Waals surface area (Å²) in [7, 11) is 1.61. The van der Waals surface area contributed by atoms with Crippen molar-refractivity contribution in [3.8, 4) is 5.75 Å². The molecule has 1 N–H and O–H groups in total. The number of carbonyl (C=O) groups excluding carboxylic acids is 2. The number of benzene rings is 1. The van der Waals surface area contributed by atoms with Crippen molar-refractivity contribution in [3.63, 3.8) is 0 Å². The van der Waals surface area contributed by atoms with E-state index < -0.39 is 0 Å². The van der Waals surface area contributed by atoms with E-state index in [2.05, 4.69) is 10.4 Å². The smallest absolute Gasteiger partial charge is 0.274 e. The van der Waals surface area contributed by atoms with Crippen LogP contribution in [-0.2, 0) is 35.5 Å². The molecule has 1 aromatic heterocycles. The molecule has 0 atom stereocenters. The molecule has 0 bridgehead atoms. The molecule has 0 radical (unpaired) electrons. The van der Waals surface area contributed by atoms with E-state index in [1.54, 1.807) is 7.11 Å². The van der Waals surface area contributed by atoms with Crippen LogP contribution < -0.4 is 10.1 Å². The molecule has 0 unspecified atom stereocenters. The van der Waals surface area contributed by atoms with Crippen molar-refractivity contribution in [2.45, 2.75) is 38.8 Å². The Kier molecular flexibility index (Phi) is 6.32. The van der Waals surface area contributed by atoms with Crippen LogP contribution in [0.25, 0.3) is 0 Å². The average Bonchev–Trinajstić information content (AvgIpc) is 3.42. The predicted molar refractivity (Wildman–Crippen MR) is 110 cm³/mol. The Balaban J connectivity index is 1.38. The van der Waals surface area contributed by atoms with Crippen molar-refractivity contribution >= 4 is 11.8 Å². The number of hydrogen-bond donors (Lipinski definition) is 1. The first kappa shape index (κ1) is 20.4. The average molecular weight is 412 g/mol. The normalized spacial score (nSPS) is 15.7. The Hall–Kier alpha value is -2.87. The van der Waals surface area contributed by atoms with Crippen molar-refractivity contribution in [1.82, 2.24) is 20.0 Å². The van der Waals surface area contributed by atoms with Crippen molar-refractivity contribution in [2.24, 2.45) is 0 Å². The van der Waals surface area contributed by atoms with Gasteiger partial charge in [0.25, 0.3) is 5.91 Å². The quantitative estimate of drug-likeness (QED) is 0.746. The molecular formula is C22H28N4O4. The van der Waals surface area contributed by atoms with Gasteiger partial charge in [-0.1, -0.05) is 12.1 Å². The molecule has 2 aliphatic heterocycles. The number of nitrogens with zero attached hydrogens (tertiary/aromatic N) is 3. The van der Waals surface area contributed by atoms with Crippen molar-refractivity contribution < 1.29 is 19.1 Å². The molecule has 8 heteroatoms. The number of hydrogen-bond acceptors (Lipinski definition) is 5. The van der Waals surface area contributed by atoms with Gasteiger partial charge < -0.3 is 19.7 Å². The highest BCUT2D eigenvalue weighted by molar-refractivity contribution is 5.94. The second-order valence-corrected chi connectivity index (χ2v) is 7.68. The first-order valence-corrected chi connectivity index (χ1v) is 10.5. The Morgan fingerprint density at radius 1 is 1.27 bits per heavy atom. The lowest BCUT2D eigenvalue weighted by atomic mass is 10.1. The van der Waals surface area contributed by atoms with E-state index in [1.807, 2.05) is 33.8 Å². The summed E-state index contributed by atoms with van der Waals surface area (Å²) < 4.78 is 12.7. The number of fused-ring (bicyclic) bond motifs is 1. The monoisotopic (exact) mass is 412 g/mol. The summed E-state index contributed by atoms with van der Waals surface area (Å²) >= 11 is 0. The maximum atomic E-state index is 12.9. The largest absolute Gasteiger partial charge is 0.497 e. The van der Waals surface area contributed by atoms with Crippen LogP contribution in [0.5, 0.6) is 5.75 Å². The van der Waals surface area contributed by atoms with Gasteiger partial charge in [0.15, 0.2) is 5.69 Å². The van der Waals surface area contributed by atoms with Crippen LogP contribution >= 0.6 is 0 Å². The molecule has 160 valence electrons. The third-order valence-corrected chi connectivity index (χ3v) is 5.64. The lowest BCUT2D eigenvalue weighted by Crippen LogP contribution is -2.30.